The summed E-state index contributed by atoms with van der Waals surface area (Å²) in [5.41, 5.74) is 2.74. The van der Waals surface area contributed by atoms with Gasteiger partial charge in [0.05, 0.1) is 22.9 Å². The number of carbonyl (C=O) groups excluding carboxylic acids is 1. The summed E-state index contributed by atoms with van der Waals surface area (Å²) in [5, 5.41) is 0. The number of thiazole rings is 1. The lowest BCUT2D eigenvalue weighted by Crippen LogP contribution is -2.56. The monoisotopic (exact) mass is 338 g/mol. The van der Waals surface area contributed by atoms with E-state index in [4.69, 9.17) is 9.47 Å². The van der Waals surface area contributed by atoms with E-state index in [0.29, 0.717) is 6.42 Å². The molecule has 1 aromatic heterocycles. The van der Waals surface area contributed by atoms with Crippen LogP contribution in [-0.4, -0.2) is 54.3 Å². The van der Waals surface area contributed by atoms with Crippen molar-refractivity contribution in [3.8, 4) is 0 Å². The first-order valence-electron chi connectivity index (χ1n) is 8.48. The maximum Gasteiger partial charge on any atom is 0.222 e. The van der Waals surface area contributed by atoms with E-state index in [9.17, 15) is 4.79 Å². The Kier molecular flexibility index (Phi) is 5.34. The molecule has 2 aliphatic heterocycles. The first kappa shape index (κ1) is 16.9. The molecule has 128 valence electrons. The molecule has 1 spiro atoms. The second-order valence-electron chi connectivity index (χ2n) is 6.52. The predicted octanol–water partition coefficient (Wildman–Crippen LogP) is 2.57. The fourth-order valence-corrected chi connectivity index (χ4v) is 4.56. The lowest BCUT2D eigenvalue weighted by Gasteiger charge is -2.48. The van der Waals surface area contributed by atoms with Crippen LogP contribution in [0.25, 0.3) is 0 Å². The van der Waals surface area contributed by atoms with Gasteiger partial charge >= 0.3 is 0 Å². The molecule has 6 heteroatoms. The highest BCUT2D eigenvalue weighted by Crippen LogP contribution is 2.36. The standard InChI is InChI=1S/C17H26N2O3S/c1-13-14(23-12-18-13)5-6-16(20)19-9-7-17(8-10-19)15(21-2)4-3-11-22-17/h12,15H,3-11H2,1-2H3/t15-/m0/s1. The molecule has 2 aliphatic rings. The molecule has 0 bridgehead atoms. The number of methoxy groups -OCH3 is 1. The molecule has 2 fully saturated rings. The number of hydrogen-bond donors (Lipinski definition) is 0. The Balaban J connectivity index is 1.52. The lowest BCUT2D eigenvalue weighted by molar-refractivity contribution is -0.188. The van der Waals surface area contributed by atoms with E-state index >= 15 is 0 Å². The minimum absolute atomic E-state index is 0.169. The number of rotatable bonds is 4. The zero-order chi connectivity index (χ0) is 16.3. The largest absolute Gasteiger partial charge is 0.378 e. The number of aromatic nitrogens is 1. The Morgan fingerprint density at radius 2 is 2.30 bits per heavy atom. The fourth-order valence-electron chi connectivity index (χ4n) is 3.78. The Morgan fingerprint density at radius 3 is 2.96 bits per heavy atom. The molecule has 1 aromatic rings. The summed E-state index contributed by atoms with van der Waals surface area (Å²) >= 11 is 1.64. The van der Waals surface area contributed by atoms with Crippen LogP contribution in [0.3, 0.4) is 0 Å². The third-order valence-electron chi connectivity index (χ3n) is 5.24. The zero-order valence-electron chi connectivity index (χ0n) is 14.0. The van der Waals surface area contributed by atoms with Gasteiger partial charge in [0, 0.05) is 38.1 Å². The van der Waals surface area contributed by atoms with Crippen LogP contribution in [-0.2, 0) is 20.7 Å². The number of likely N-dealkylation sites (tertiary alicyclic amines) is 1. The number of piperidine rings is 1. The highest BCUT2D eigenvalue weighted by atomic mass is 32.1. The second-order valence-corrected chi connectivity index (χ2v) is 7.46. The second kappa shape index (κ2) is 7.28. The number of hydrogen-bond acceptors (Lipinski definition) is 5. The van der Waals surface area contributed by atoms with Crippen molar-refractivity contribution < 1.29 is 14.3 Å². The number of nitrogens with zero attached hydrogens (tertiary/aromatic N) is 2. The van der Waals surface area contributed by atoms with Gasteiger partial charge in [-0.3, -0.25) is 4.79 Å². The normalized spacial score (nSPS) is 24.1. The van der Waals surface area contributed by atoms with Gasteiger partial charge in [-0.2, -0.15) is 0 Å². The van der Waals surface area contributed by atoms with Crippen LogP contribution >= 0.6 is 11.3 Å². The Hall–Kier alpha value is -0.980. The van der Waals surface area contributed by atoms with Gasteiger partial charge in [-0.15, -0.1) is 11.3 Å². The molecule has 0 aromatic carbocycles. The minimum Gasteiger partial charge on any atom is -0.378 e. The average Bonchev–Trinajstić information content (AvgIpc) is 2.99. The van der Waals surface area contributed by atoms with Gasteiger partial charge in [0.15, 0.2) is 0 Å². The lowest BCUT2D eigenvalue weighted by atomic mass is 9.81. The third kappa shape index (κ3) is 3.59. The van der Waals surface area contributed by atoms with Crippen LogP contribution < -0.4 is 0 Å². The maximum atomic E-state index is 12.5. The molecule has 5 nitrogen and oxygen atoms in total. The molecule has 0 unspecified atom stereocenters. The van der Waals surface area contributed by atoms with Crippen molar-refractivity contribution in [3.63, 3.8) is 0 Å². The van der Waals surface area contributed by atoms with Crippen LogP contribution in [0, 0.1) is 6.92 Å². The van der Waals surface area contributed by atoms with Crippen LogP contribution in [0.5, 0.6) is 0 Å². The van der Waals surface area contributed by atoms with Crippen molar-refractivity contribution in [1.29, 1.82) is 0 Å². The third-order valence-corrected chi connectivity index (χ3v) is 6.24. The molecule has 2 saturated heterocycles. The van der Waals surface area contributed by atoms with E-state index < -0.39 is 0 Å². The fraction of sp³-hybridized carbons (Fsp3) is 0.765. The molecule has 3 rings (SSSR count). The van der Waals surface area contributed by atoms with Gasteiger partial charge in [-0.1, -0.05) is 0 Å². The molecule has 1 amide bonds. The molecule has 3 heterocycles. The Labute approximate surface area is 142 Å². The molecule has 23 heavy (non-hydrogen) atoms. The number of amides is 1. The molecule has 0 N–H and O–H groups in total. The first-order valence-corrected chi connectivity index (χ1v) is 9.36. The first-order chi connectivity index (χ1) is 11.1. The van der Waals surface area contributed by atoms with E-state index in [2.05, 4.69) is 4.98 Å². The summed E-state index contributed by atoms with van der Waals surface area (Å²) in [6.07, 6.45) is 5.45. The number of aryl methyl sites for hydroxylation is 2. The Morgan fingerprint density at radius 1 is 1.52 bits per heavy atom. The molecule has 0 aliphatic carbocycles. The summed E-state index contributed by atoms with van der Waals surface area (Å²) in [4.78, 5) is 19.9. The molecule has 0 radical (unpaired) electrons. The quantitative estimate of drug-likeness (QED) is 0.847. The van der Waals surface area contributed by atoms with Crippen LogP contribution in [0.4, 0.5) is 0 Å². The molecular formula is C17H26N2O3S. The number of carbonyl (C=O) groups is 1. The summed E-state index contributed by atoms with van der Waals surface area (Å²) in [6, 6.07) is 0. The van der Waals surface area contributed by atoms with Crippen LogP contribution in [0.1, 0.15) is 42.7 Å². The number of ether oxygens (including phenoxy) is 2. The molecule has 1 atom stereocenters. The average molecular weight is 338 g/mol. The topological polar surface area (TPSA) is 51.7 Å². The minimum atomic E-state index is -0.169. The molecule has 0 saturated carbocycles. The predicted molar refractivity (Wildman–Crippen MR) is 89.7 cm³/mol. The van der Waals surface area contributed by atoms with E-state index in [-0.39, 0.29) is 17.6 Å². The van der Waals surface area contributed by atoms with Gasteiger partial charge in [-0.25, -0.2) is 4.98 Å². The van der Waals surface area contributed by atoms with Gasteiger partial charge in [-0.05, 0) is 39.0 Å². The van der Waals surface area contributed by atoms with Crippen molar-refractivity contribution in [3.05, 3.63) is 16.1 Å². The van der Waals surface area contributed by atoms with Crippen molar-refractivity contribution in [2.24, 2.45) is 0 Å². The highest BCUT2D eigenvalue weighted by molar-refractivity contribution is 7.09. The zero-order valence-corrected chi connectivity index (χ0v) is 14.9. The summed E-state index contributed by atoms with van der Waals surface area (Å²) in [6.45, 7) is 4.38. The highest BCUT2D eigenvalue weighted by Gasteiger charge is 2.45. The van der Waals surface area contributed by atoms with Gasteiger partial charge in [0.1, 0.15) is 0 Å². The van der Waals surface area contributed by atoms with Crippen molar-refractivity contribution in [2.45, 2.75) is 57.2 Å². The SMILES string of the molecule is CO[C@H]1CCCOC12CCN(C(=O)CCc1scnc1C)CC2. The van der Waals surface area contributed by atoms with E-state index in [1.807, 2.05) is 17.3 Å². The van der Waals surface area contributed by atoms with Crippen LogP contribution in [0.15, 0.2) is 5.51 Å². The smallest absolute Gasteiger partial charge is 0.222 e. The van der Waals surface area contributed by atoms with Crippen LogP contribution in [0.2, 0.25) is 0 Å². The van der Waals surface area contributed by atoms with Crippen molar-refractivity contribution in [2.75, 3.05) is 26.8 Å². The van der Waals surface area contributed by atoms with Gasteiger partial charge in [0.25, 0.3) is 0 Å². The van der Waals surface area contributed by atoms with Crippen molar-refractivity contribution >= 4 is 17.2 Å². The van der Waals surface area contributed by atoms with E-state index in [1.165, 1.54) is 4.88 Å². The van der Waals surface area contributed by atoms with E-state index in [0.717, 1.165) is 57.5 Å². The maximum absolute atomic E-state index is 12.5. The van der Waals surface area contributed by atoms with Gasteiger partial charge < -0.3 is 14.4 Å². The summed E-state index contributed by atoms with van der Waals surface area (Å²) < 4.78 is 11.8. The Bertz CT molecular complexity index is 538. The summed E-state index contributed by atoms with van der Waals surface area (Å²) in [7, 11) is 1.77. The summed E-state index contributed by atoms with van der Waals surface area (Å²) in [5.74, 6) is 0.248. The van der Waals surface area contributed by atoms with Gasteiger partial charge in [0.2, 0.25) is 5.91 Å². The van der Waals surface area contributed by atoms with E-state index in [1.54, 1.807) is 18.4 Å². The molecular weight excluding hydrogens is 312 g/mol. The van der Waals surface area contributed by atoms with Crippen molar-refractivity contribution in [1.82, 2.24) is 9.88 Å².